The van der Waals surface area contributed by atoms with E-state index in [-0.39, 0.29) is 6.61 Å². The Morgan fingerprint density at radius 3 is 2.38 bits per heavy atom. The molecule has 0 saturated carbocycles. The molecule has 0 aliphatic carbocycles. The van der Waals surface area contributed by atoms with Gasteiger partial charge in [-0.1, -0.05) is 15.9 Å². The van der Waals surface area contributed by atoms with Crippen LogP contribution in [0.3, 0.4) is 0 Å². The molecule has 1 aromatic carbocycles. The molecule has 0 unspecified atom stereocenters. The van der Waals surface area contributed by atoms with Crippen LogP contribution in [0, 0.1) is 0 Å². The van der Waals surface area contributed by atoms with Gasteiger partial charge in [-0.25, -0.2) is 0 Å². The van der Waals surface area contributed by atoms with E-state index in [2.05, 4.69) is 21.2 Å². The predicted molar refractivity (Wildman–Crippen MR) is 86.1 cm³/mol. The van der Waals surface area contributed by atoms with Crippen molar-refractivity contribution in [2.75, 3.05) is 39.6 Å². The second-order valence-electron chi connectivity index (χ2n) is 4.27. The van der Waals surface area contributed by atoms with Crippen molar-refractivity contribution in [1.82, 2.24) is 5.32 Å². The summed E-state index contributed by atoms with van der Waals surface area (Å²) in [7, 11) is 0. The van der Waals surface area contributed by atoms with Crippen molar-refractivity contribution in [3.8, 4) is 11.5 Å². The van der Waals surface area contributed by atoms with Crippen LogP contribution in [0.2, 0.25) is 0 Å². The van der Waals surface area contributed by atoms with Crippen LogP contribution in [0.5, 0.6) is 11.5 Å². The monoisotopic (exact) mass is 361 g/mol. The van der Waals surface area contributed by atoms with Gasteiger partial charge >= 0.3 is 0 Å². The fourth-order valence-corrected chi connectivity index (χ4v) is 2.25. The fourth-order valence-electron chi connectivity index (χ4n) is 1.78. The zero-order chi connectivity index (χ0) is 15.5. The van der Waals surface area contributed by atoms with Crippen molar-refractivity contribution >= 4 is 15.9 Å². The number of halogens is 1. The molecule has 1 rings (SSSR count). The van der Waals surface area contributed by atoms with Gasteiger partial charge in [0.05, 0.1) is 33.0 Å². The van der Waals surface area contributed by atoms with E-state index in [0.717, 1.165) is 28.1 Å². The standard InChI is InChI=1S/C15H24BrNO4/c1-3-20-14-9-12(11-17-5-7-19-8-6-18)13(16)10-15(14)21-4-2/h9-10,17-18H,3-8,11H2,1-2H3. The van der Waals surface area contributed by atoms with Crippen molar-refractivity contribution in [3.63, 3.8) is 0 Å². The molecule has 0 amide bonds. The Hall–Kier alpha value is -0.820. The van der Waals surface area contributed by atoms with Crippen LogP contribution in [0.1, 0.15) is 19.4 Å². The first-order chi connectivity index (χ1) is 10.2. The van der Waals surface area contributed by atoms with Gasteiger partial charge in [0.2, 0.25) is 0 Å². The van der Waals surface area contributed by atoms with Crippen molar-refractivity contribution in [2.24, 2.45) is 0 Å². The molecule has 1 aromatic rings. The highest BCUT2D eigenvalue weighted by molar-refractivity contribution is 9.10. The van der Waals surface area contributed by atoms with Gasteiger partial charge < -0.3 is 24.6 Å². The minimum Gasteiger partial charge on any atom is -0.490 e. The summed E-state index contributed by atoms with van der Waals surface area (Å²) >= 11 is 3.56. The zero-order valence-corrected chi connectivity index (χ0v) is 14.2. The number of aliphatic hydroxyl groups is 1. The van der Waals surface area contributed by atoms with Gasteiger partial charge in [-0.3, -0.25) is 0 Å². The molecule has 0 bridgehead atoms. The summed E-state index contributed by atoms with van der Waals surface area (Å²) in [6, 6.07) is 3.92. The second kappa shape index (κ2) is 10.8. The summed E-state index contributed by atoms with van der Waals surface area (Å²) in [5, 5.41) is 11.9. The van der Waals surface area contributed by atoms with Gasteiger partial charge in [-0.2, -0.15) is 0 Å². The first-order valence-corrected chi connectivity index (χ1v) is 7.99. The summed E-state index contributed by atoms with van der Waals surface area (Å²) in [4.78, 5) is 0. The largest absolute Gasteiger partial charge is 0.490 e. The molecule has 0 spiro atoms. The van der Waals surface area contributed by atoms with Gasteiger partial charge in [0, 0.05) is 17.6 Å². The Labute approximate surface area is 134 Å². The molecule has 0 radical (unpaired) electrons. The van der Waals surface area contributed by atoms with Crippen molar-refractivity contribution < 1.29 is 19.3 Å². The molecular formula is C15H24BrNO4. The van der Waals surface area contributed by atoms with E-state index in [9.17, 15) is 0 Å². The molecule has 0 aromatic heterocycles. The maximum atomic E-state index is 8.61. The van der Waals surface area contributed by atoms with E-state index in [1.165, 1.54) is 0 Å². The Bertz CT molecular complexity index is 415. The summed E-state index contributed by atoms with van der Waals surface area (Å²) in [5.41, 5.74) is 1.10. The van der Waals surface area contributed by atoms with Crippen LogP contribution in [-0.2, 0) is 11.3 Å². The summed E-state index contributed by atoms with van der Waals surface area (Å²) in [6.45, 7) is 7.55. The van der Waals surface area contributed by atoms with Gasteiger partial charge in [-0.15, -0.1) is 0 Å². The molecule has 0 atom stereocenters. The molecule has 0 aliphatic heterocycles. The molecule has 21 heavy (non-hydrogen) atoms. The van der Waals surface area contributed by atoms with Crippen LogP contribution in [0.25, 0.3) is 0 Å². The molecule has 2 N–H and O–H groups in total. The Morgan fingerprint density at radius 2 is 1.76 bits per heavy atom. The van der Waals surface area contributed by atoms with Crippen LogP contribution in [0.15, 0.2) is 16.6 Å². The van der Waals surface area contributed by atoms with Gasteiger partial charge in [-0.05, 0) is 31.5 Å². The van der Waals surface area contributed by atoms with E-state index in [1.54, 1.807) is 0 Å². The molecule has 0 aliphatic rings. The van der Waals surface area contributed by atoms with E-state index < -0.39 is 0 Å². The first-order valence-electron chi connectivity index (χ1n) is 7.20. The third kappa shape index (κ3) is 6.65. The van der Waals surface area contributed by atoms with Crippen LogP contribution in [0.4, 0.5) is 0 Å². The molecule has 6 heteroatoms. The number of hydrogen-bond donors (Lipinski definition) is 2. The number of ether oxygens (including phenoxy) is 3. The molecule has 0 saturated heterocycles. The second-order valence-corrected chi connectivity index (χ2v) is 5.12. The zero-order valence-electron chi connectivity index (χ0n) is 12.7. The molecule has 120 valence electrons. The van der Waals surface area contributed by atoms with Crippen molar-refractivity contribution in [1.29, 1.82) is 0 Å². The van der Waals surface area contributed by atoms with Crippen LogP contribution >= 0.6 is 15.9 Å². The van der Waals surface area contributed by atoms with Crippen LogP contribution < -0.4 is 14.8 Å². The minimum atomic E-state index is 0.0577. The number of hydrogen-bond acceptors (Lipinski definition) is 5. The molecular weight excluding hydrogens is 338 g/mol. The molecule has 5 nitrogen and oxygen atoms in total. The fraction of sp³-hybridized carbons (Fsp3) is 0.600. The van der Waals surface area contributed by atoms with Gasteiger partial charge in [0.1, 0.15) is 0 Å². The van der Waals surface area contributed by atoms with E-state index in [0.29, 0.717) is 33.0 Å². The number of aliphatic hydroxyl groups excluding tert-OH is 1. The smallest absolute Gasteiger partial charge is 0.162 e. The Kier molecular flexibility index (Phi) is 9.41. The quantitative estimate of drug-likeness (QED) is 0.592. The lowest BCUT2D eigenvalue weighted by molar-refractivity contribution is 0.0938. The maximum Gasteiger partial charge on any atom is 0.162 e. The lowest BCUT2D eigenvalue weighted by Crippen LogP contribution is -2.20. The van der Waals surface area contributed by atoms with Gasteiger partial charge in [0.25, 0.3) is 0 Å². The average Bonchev–Trinajstić information content (AvgIpc) is 2.47. The maximum absolute atomic E-state index is 8.61. The number of rotatable bonds is 11. The highest BCUT2D eigenvalue weighted by atomic mass is 79.9. The lowest BCUT2D eigenvalue weighted by atomic mass is 10.2. The SMILES string of the molecule is CCOc1cc(Br)c(CNCCOCCO)cc1OCC. The van der Waals surface area contributed by atoms with Crippen molar-refractivity contribution in [3.05, 3.63) is 22.2 Å². The molecule has 0 heterocycles. The number of nitrogens with one attached hydrogen (secondary N) is 1. The van der Waals surface area contributed by atoms with E-state index >= 15 is 0 Å². The van der Waals surface area contributed by atoms with E-state index in [4.69, 9.17) is 19.3 Å². The van der Waals surface area contributed by atoms with Gasteiger partial charge in [0.15, 0.2) is 11.5 Å². The summed E-state index contributed by atoms with van der Waals surface area (Å²) in [6.07, 6.45) is 0. The van der Waals surface area contributed by atoms with E-state index in [1.807, 2.05) is 26.0 Å². The highest BCUT2D eigenvalue weighted by Crippen LogP contribution is 2.33. The summed E-state index contributed by atoms with van der Waals surface area (Å²) < 4.78 is 17.4. The number of benzene rings is 1. The topological polar surface area (TPSA) is 60.0 Å². The molecule has 0 fully saturated rings. The average molecular weight is 362 g/mol. The van der Waals surface area contributed by atoms with Crippen LogP contribution in [-0.4, -0.2) is 44.7 Å². The van der Waals surface area contributed by atoms with Crippen molar-refractivity contribution in [2.45, 2.75) is 20.4 Å². The minimum absolute atomic E-state index is 0.0577. The predicted octanol–water partition coefficient (Wildman–Crippen LogP) is 2.34. The summed E-state index contributed by atoms with van der Waals surface area (Å²) in [5.74, 6) is 1.51. The third-order valence-corrected chi connectivity index (χ3v) is 3.42. The Morgan fingerprint density at radius 1 is 1.10 bits per heavy atom. The third-order valence-electron chi connectivity index (χ3n) is 2.69. The Balaban J connectivity index is 2.58. The normalized spacial score (nSPS) is 10.7. The highest BCUT2D eigenvalue weighted by Gasteiger charge is 2.10. The first kappa shape index (κ1) is 18.2. The lowest BCUT2D eigenvalue weighted by Gasteiger charge is -2.14.